The van der Waals surface area contributed by atoms with Crippen molar-refractivity contribution >= 4 is 29.2 Å². The topological polar surface area (TPSA) is 75.7 Å². The fourth-order valence-corrected chi connectivity index (χ4v) is 3.32. The van der Waals surface area contributed by atoms with Gasteiger partial charge in [-0.25, -0.2) is 4.79 Å². The normalized spacial score (nSPS) is 14.0. The van der Waals surface area contributed by atoms with Crippen molar-refractivity contribution in [3.05, 3.63) is 59.7 Å². The van der Waals surface area contributed by atoms with E-state index in [0.29, 0.717) is 37.2 Å². The molecule has 1 saturated carbocycles. The summed E-state index contributed by atoms with van der Waals surface area (Å²) in [6.07, 6.45) is 1.06. The summed E-state index contributed by atoms with van der Waals surface area (Å²) in [5, 5.41) is 2.83. The van der Waals surface area contributed by atoms with E-state index in [0.717, 1.165) is 11.3 Å². The highest BCUT2D eigenvalue weighted by molar-refractivity contribution is 6.17. The van der Waals surface area contributed by atoms with E-state index >= 15 is 0 Å². The monoisotopic (exact) mass is 394 g/mol. The summed E-state index contributed by atoms with van der Waals surface area (Å²) in [6, 6.07) is 14.2. The molecule has 0 spiro atoms. The molecule has 152 valence electrons. The van der Waals surface area contributed by atoms with E-state index in [1.165, 1.54) is 0 Å². The van der Waals surface area contributed by atoms with Crippen molar-refractivity contribution in [3.63, 3.8) is 0 Å². The second-order valence-corrected chi connectivity index (χ2v) is 7.22. The molecule has 6 heteroatoms. The maximum Gasteiger partial charge on any atom is 0.338 e. The van der Waals surface area contributed by atoms with E-state index in [4.69, 9.17) is 4.74 Å². The summed E-state index contributed by atoms with van der Waals surface area (Å²) in [4.78, 5) is 39.6. The molecule has 1 aliphatic carbocycles. The minimum atomic E-state index is -1.03. The Hall–Kier alpha value is -3.15. The molecular formula is C23H26N2O4. The molecule has 3 rings (SSSR count). The quantitative estimate of drug-likeness (QED) is 0.570. The van der Waals surface area contributed by atoms with E-state index in [2.05, 4.69) is 5.32 Å². The van der Waals surface area contributed by atoms with Gasteiger partial charge in [0.15, 0.2) is 0 Å². The SMILES string of the molecule is CCOC(=O)c1ccc(NC(=O)C2(C(=O)N(CC)c3cccc(C)c3)CC2)cc1. The third kappa shape index (κ3) is 4.31. The number of nitrogens with one attached hydrogen (secondary N) is 1. The number of amides is 2. The summed E-state index contributed by atoms with van der Waals surface area (Å²) in [5.41, 5.74) is 1.79. The first-order valence-corrected chi connectivity index (χ1v) is 9.88. The number of carbonyl (C=O) groups is 3. The molecule has 2 aromatic rings. The maximum atomic E-state index is 13.2. The van der Waals surface area contributed by atoms with Gasteiger partial charge >= 0.3 is 5.97 Å². The Bertz CT molecular complexity index is 917. The van der Waals surface area contributed by atoms with Crippen LogP contribution in [-0.2, 0) is 14.3 Å². The second kappa shape index (κ2) is 8.47. The van der Waals surface area contributed by atoms with Crippen LogP contribution in [0.3, 0.4) is 0 Å². The minimum Gasteiger partial charge on any atom is -0.462 e. The first-order valence-electron chi connectivity index (χ1n) is 9.88. The maximum absolute atomic E-state index is 13.2. The number of rotatable bonds is 7. The third-order valence-electron chi connectivity index (χ3n) is 5.12. The van der Waals surface area contributed by atoms with Crippen LogP contribution >= 0.6 is 0 Å². The van der Waals surface area contributed by atoms with Crippen molar-refractivity contribution in [2.24, 2.45) is 5.41 Å². The van der Waals surface area contributed by atoms with Crippen molar-refractivity contribution in [1.29, 1.82) is 0 Å². The number of aryl methyl sites for hydroxylation is 1. The minimum absolute atomic E-state index is 0.175. The van der Waals surface area contributed by atoms with Crippen molar-refractivity contribution in [2.75, 3.05) is 23.4 Å². The molecule has 0 heterocycles. The van der Waals surface area contributed by atoms with Crippen molar-refractivity contribution < 1.29 is 19.1 Å². The van der Waals surface area contributed by atoms with Gasteiger partial charge in [-0.05, 0) is 75.6 Å². The van der Waals surface area contributed by atoms with E-state index in [1.807, 2.05) is 38.1 Å². The lowest BCUT2D eigenvalue weighted by atomic mass is 10.0. The van der Waals surface area contributed by atoms with Gasteiger partial charge in [0.05, 0.1) is 12.2 Å². The standard InChI is InChI=1S/C23H26N2O4/c1-4-25(19-8-6-7-16(3)15-19)22(28)23(13-14-23)21(27)24-18-11-9-17(10-12-18)20(26)29-5-2/h6-12,15H,4-5,13-14H2,1-3H3,(H,24,27). The Labute approximate surface area is 170 Å². The Morgan fingerprint density at radius 1 is 1.07 bits per heavy atom. The lowest BCUT2D eigenvalue weighted by molar-refractivity contribution is -0.132. The van der Waals surface area contributed by atoms with Crippen LogP contribution in [0.2, 0.25) is 0 Å². The van der Waals surface area contributed by atoms with E-state index < -0.39 is 11.4 Å². The van der Waals surface area contributed by atoms with Gasteiger partial charge in [0, 0.05) is 17.9 Å². The average molecular weight is 394 g/mol. The molecule has 0 radical (unpaired) electrons. The predicted octanol–water partition coefficient (Wildman–Crippen LogP) is 3.94. The summed E-state index contributed by atoms with van der Waals surface area (Å²) in [6.45, 7) is 6.42. The summed E-state index contributed by atoms with van der Waals surface area (Å²) in [5.74, 6) is -0.889. The van der Waals surface area contributed by atoms with Crippen LogP contribution in [0.15, 0.2) is 48.5 Å². The molecule has 0 aromatic heterocycles. The molecule has 0 unspecified atom stereocenters. The molecule has 29 heavy (non-hydrogen) atoms. The number of anilines is 2. The number of benzene rings is 2. The number of nitrogens with zero attached hydrogens (tertiary/aromatic N) is 1. The van der Waals surface area contributed by atoms with E-state index in [-0.39, 0.29) is 11.8 Å². The van der Waals surface area contributed by atoms with Crippen LogP contribution in [0.4, 0.5) is 11.4 Å². The molecule has 1 N–H and O–H groups in total. The fraction of sp³-hybridized carbons (Fsp3) is 0.348. The molecule has 0 saturated heterocycles. The molecule has 1 aliphatic rings. The predicted molar refractivity (Wildman–Crippen MR) is 112 cm³/mol. The van der Waals surface area contributed by atoms with Crippen molar-refractivity contribution in [1.82, 2.24) is 0 Å². The Balaban J connectivity index is 1.73. The zero-order valence-corrected chi connectivity index (χ0v) is 17.0. The first-order chi connectivity index (χ1) is 13.9. The molecule has 2 amide bonds. The zero-order valence-electron chi connectivity index (χ0n) is 17.0. The summed E-state index contributed by atoms with van der Waals surface area (Å²) in [7, 11) is 0. The Kier molecular flexibility index (Phi) is 6.01. The van der Waals surface area contributed by atoms with Gasteiger partial charge in [-0.1, -0.05) is 12.1 Å². The van der Waals surface area contributed by atoms with Crippen LogP contribution < -0.4 is 10.2 Å². The lowest BCUT2D eigenvalue weighted by Crippen LogP contribution is -2.43. The summed E-state index contributed by atoms with van der Waals surface area (Å²) >= 11 is 0. The van der Waals surface area contributed by atoms with Gasteiger partial charge in [0.1, 0.15) is 5.41 Å². The Morgan fingerprint density at radius 3 is 2.31 bits per heavy atom. The van der Waals surface area contributed by atoms with Crippen molar-refractivity contribution in [3.8, 4) is 0 Å². The third-order valence-corrected chi connectivity index (χ3v) is 5.12. The van der Waals surface area contributed by atoms with Crippen LogP contribution in [0.25, 0.3) is 0 Å². The number of hydrogen-bond donors (Lipinski definition) is 1. The summed E-state index contributed by atoms with van der Waals surface area (Å²) < 4.78 is 4.96. The Morgan fingerprint density at radius 2 is 1.76 bits per heavy atom. The molecule has 2 aromatic carbocycles. The highest BCUT2D eigenvalue weighted by Crippen LogP contribution is 2.48. The molecule has 1 fully saturated rings. The molecule has 0 atom stereocenters. The van der Waals surface area contributed by atoms with Gasteiger partial charge in [0.2, 0.25) is 11.8 Å². The van der Waals surface area contributed by atoms with Gasteiger partial charge in [-0.15, -0.1) is 0 Å². The van der Waals surface area contributed by atoms with Gasteiger partial charge < -0.3 is 15.0 Å². The highest BCUT2D eigenvalue weighted by atomic mass is 16.5. The number of carbonyl (C=O) groups excluding carboxylic acids is 3. The average Bonchev–Trinajstić information content (AvgIpc) is 3.51. The van der Waals surface area contributed by atoms with Crippen molar-refractivity contribution in [2.45, 2.75) is 33.6 Å². The van der Waals surface area contributed by atoms with Crippen LogP contribution in [0, 0.1) is 12.3 Å². The number of hydrogen-bond acceptors (Lipinski definition) is 4. The van der Waals surface area contributed by atoms with Gasteiger partial charge in [0.25, 0.3) is 0 Å². The number of esters is 1. The van der Waals surface area contributed by atoms with Gasteiger partial charge in [-0.3, -0.25) is 9.59 Å². The highest BCUT2D eigenvalue weighted by Gasteiger charge is 2.58. The van der Waals surface area contributed by atoms with Gasteiger partial charge in [-0.2, -0.15) is 0 Å². The molecule has 0 aliphatic heterocycles. The first kappa shape index (κ1) is 20.6. The number of ether oxygens (including phenoxy) is 1. The van der Waals surface area contributed by atoms with Crippen LogP contribution in [0.1, 0.15) is 42.6 Å². The second-order valence-electron chi connectivity index (χ2n) is 7.22. The van der Waals surface area contributed by atoms with Crippen LogP contribution in [-0.4, -0.2) is 30.9 Å². The van der Waals surface area contributed by atoms with E-state index in [9.17, 15) is 14.4 Å². The smallest absolute Gasteiger partial charge is 0.338 e. The largest absolute Gasteiger partial charge is 0.462 e. The lowest BCUT2D eigenvalue weighted by Gasteiger charge is -2.26. The fourth-order valence-electron chi connectivity index (χ4n) is 3.32. The molecular weight excluding hydrogens is 368 g/mol. The van der Waals surface area contributed by atoms with E-state index in [1.54, 1.807) is 36.1 Å². The molecule has 6 nitrogen and oxygen atoms in total. The zero-order chi connectivity index (χ0) is 21.0. The van der Waals surface area contributed by atoms with Crippen LogP contribution in [0.5, 0.6) is 0 Å². The molecule has 0 bridgehead atoms.